The van der Waals surface area contributed by atoms with E-state index in [1.165, 1.54) is 25.3 Å². The molecule has 2 fully saturated rings. The first-order valence-electron chi connectivity index (χ1n) is 8.52. The fourth-order valence-corrected chi connectivity index (χ4v) is 3.29. The van der Waals surface area contributed by atoms with Crippen molar-refractivity contribution in [1.29, 1.82) is 0 Å². The predicted octanol–water partition coefficient (Wildman–Crippen LogP) is 0.707. The maximum absolute atomic E-state index is 11.8. The lowest BCUT2D eigenvalue weighted by Crippen LogP contribution is -2.50. The molecule has 0 spiro atoms. The number of pyridine rings is 1. The van der Waals surface area contributed by atoms with Gasteiger partial charge in [-0.1, -0.05) is 6.07 Å². The largest absolute Gasteiger partial charge is 0.384 e. The number of aliphatic hydroxyl groups is 1. The molecule has 3 rings (SSSR count). The van der Waals surface area contributed by atoms with Crippen molar-refractivity contribution in [2.24, 2.45) is 0 Å². The van der Waals surface area contributed by atoms with E-state index in [1.54, 1.807) is 4.90 Å². The number of nitrogens with zero attached hydrogens (tertiary/aromatic N) is 4. The molecule has 0 aliphatic carbocycles. The summed E-state index contributed by atoms with van der Waals surface area (Å²) in [4.78, 5) is 22.8. The SMILES string of the molecule is CC(O)C(=O)N1CCN(Cc2ccc(N3CCCC3)nc2)CC1. The van der Waals surface area contributed by atoms with Crippen LogP contribution in [0.3, 0.4) is 0 Å². The molecule has 1 atom stereocenters. The molecule has 126 valence electrons. The second-order valence-corrected chi connectivity index (χ2v) is 6.50. The summed E-state index contributed by atoms with van der Waals surface area (Å²) in [7, 11) is 0. The maximum atomic E-state index is 11.8. The van der Waals surface area contributed by atoms with Gasteiger partial charge in [0, 0.05) is 52.0 Å². The van der Waals surface area contributed by atoms with E-state index in [-0.39, 0.29) is 5.91 Å². The van der Waals surface area contributed by atoms with Gasteiger partial charge in [0.05, 0.1) is 0 Å². The van der Waals surface area contributed by atoms with Gasteiger partial charge in [-0.25, -0.2) is 4.98 Å². The number of amides is 1. The van der Waals surface area contributed by atoms with Crippen LogP contribution in [0.5, 0.6) is 0 Å². The predicted molar refractivity (Wildman–Crippen MR) is 89.2 cm³/mol. The lowest BCUT2D eigenvalue weighted by Gasteiger charge is -2.35. The van der Waals surface area contributed by atoms with Crippen LogP contribution < -0.4 is 4.90 Å². The summed E-state index contributed by atoms with van der Waals surface area (Å²) in [5.74, 6) is 0.917. The molecule has 0 aromatic carbocycles. The highest BCUT2D eigenvalue weighted by atomic mass is 16.3. The molecule has 23 heavy (non-hydrogen) atoms. The lowest BCUT2D eigenvalue weighted by atomic mass is 10.2. The molecular formula is C17H26N4O2. The monoisotopic (exact) mass is 318 g/mol. The van der Waals surface area contributed by atoms with Crippen LogP contribution in [0.4, 0.5) is 5.82 Å². The molecular weight excluding hydrogens is 292 g/mol. The lowest BCUT2D eigenvalue weighted by molar-refractivity contribution is -0.141. The van der Waals surface area contributed by atoms with Crippen LogP contribution in [0, 0.1) is 0 Å². The van der Waals surface area contributed by atoms with Crippen LogP contribution in [0.2, 0.25) is 0 Å². The fraction of sp³-hybridized carbons (Fsp3) is 0.647. The van der Waals surface area contributed by atoms with Crippen molar-refractivity contribution >= 4 is 11.7 Å². The molecule has 6 nitrogen and oxygen atoms in total. The average molecular weight is 318 g/mol. The first kappa shape index (κ1) is 16.2. The molecule has 2 aliphatic rings. The van der Waals surface area contributed by atoms with E-state index in [1.807, 2.05) is 6.20 Å². The minimum absolute atomic E-state index is 0.165. The highest BCUT2D eigenvalue weighted by molar-refractivity contribution is 5.80. The maximum Gasteiger partial charge on any atom is 0.251 e. The molecule has 6 heteroatoms. The first-order valence-corrected chi connectivity index (χ1v) is 8.52. The van der Waals surface area contributed by atoms with Crippen LogP contribution in [0.1, 0.15) is 25.3 Å². The highest BCUT2D eigenvalue weighted by Crippen LogP contribution is 2.18. The Morgan fingerprint density at radius 3 is 2.43 bits per heavy atom. The summed E-state index contributed by atoms with van der Waals surface area (Å²) >= 11 is 0. The molecule has 3 heterocycles. The summed E-state index contributed by atoms with van der Waals surface area (Å²) in [6.45, 7) is 7.67. The van der Waals surface area contributed by atoms with E-state index in [0.717, 1.165) is 38.5 Å². The number of carbonyl (C=O) groups excluding carboxylic acids is 1. The Bertz CT molecular complexity index is 518. The van der Waals surface area contributed by atoms with Crippen LogP contribution in [0.25, 0.3) is 0 Å². The van der Waals surface area contributed by atoms with Gasteiger partial charge in [-0.05, 0) is 31.4 Å². The van der Waals surface area contributed by atoms with E-state index in [0.29, 0.717) is 13.1 Å². The molecule has 0 bridgehead atoms. The third-order valence-corrected chi connectivity index (χ3v) is 4.69. The Labute approximate surface area is 137 Å². The molecule has 1 amide bonds. The average Bonchev–Trinajstić information content (AvgIpc) is 3.10. The van der Waals surface area contributed by atoms with Gasteiger partial charge in [0.1, 0.15) is 11.9 Å². The number of aliphatic hydroxyl groups excluding tert-OH is 1. The third kappa shape index (κ3) is 4.00. The van der Waals surface area contributed by atoms with Gasteiger partial charge in [0.15, 0.2) is 0 Å². The van der Waals surface area contributed by atoms with Crippen molar-refractivity contribution in [2.75, 3.05) is 44.2 Å². The van der Waals surface area contributed by atoms with E-state index in [9.17, 15) is 9.90 Å². The van der Waals surface area contributed by atoms with Crippen molar-refractivity contribution in [2.45, 2.75) is 32.4 Å². The molecule has 2 aliphatic heterocycles. The molecule has 1 unspecified atom stereocenters. The summed E-state index contributed by atoms with van der Waals surface area (Å²) in [6.07, 6.45) is 3.60. The van der Waals surface area contributed by atoms with Gasteiger partial charge in [0.2, 0.25) is 0 Å². The Morgan fingerprint density at radius 2 is 1.87 bits per heavy atom. The molecule has 1 N–H and O–H groups in total. The molecule has 0 radical (unpaired) electrons. The number of carbonyl (C=O) groups is 1. The van der Waals surface area contributed by atoms with Crippen molar-refractivity contribution < 1.29 is 9.90 Å². The molecule has 1 aromatic heterocycles. The van der Waals surface area contributed by atoms with E-state index >= 15 is 0 Å². The Morgan fingerprint density at radius 1 is 1.17 bits per heavy atom. The summed E-state index contributed by atoms with van der Waals surface area (Å²) < 4.78 is 0. The quantitative estimate of drug-likeness (QED) is 0.886. The number of rotatable bonds is 4. The van der Waals surface area contributed by atoms with Crippen LogP contribution in [-0.4, -0.2) is 71.2 Å². The second kappa shape index (κ2) is 7.27. The zero-order chi connectivity index (χ0) is 16.2. The molecule has 1 aromatic rings. The first-order chi connectivity index (χ1) is 11.1. The minimum atomic E-state index is -0.899. The van der Waals surface area contributed by atoms with Gasteiger partial charge < -0.3 is 14.9 Å². The summed E-state index contributed by atoms with van der Waals surface area (Å²) in [6, 6.07) is 4.28. The third-order valence-electron chi connectivity index (χ3n) is 4.69. The van der Waals surface area contributed by atoms with Gasteiger partial charge in [-0.15, -0.1) is 0 Å². The highest BCUT2D eigenvalue weighted by Gasteiger charge is 2.23. The molecule has 0 saturated carbocycles. The van der Waals surface area contributed by atoms with Gasteiger partial charge in [-0.2, -0.15) is 0 Å². The smallest absolute Gasteiger partial charge is 0.251 e. The van der Waals surface area contributed by atoms with Crippen LogP contribution >= 0.6 is 0 Å². The Hall–Kier alpha value is -1.66. The standard InChI is InChI=1S/C17H26N4O2/c1-14(22)17(23)21-10-8-19(9-11-21)13-15-4-5-16(18-12-15)20-6-2-3-7-20/h4-5,12,14,22H,2-3,6-11,13H2,1H3. The zero-order valence-corrected chi connectivity index (χ0v) is 13.8. The molecule has 2 saturated heterocycles. The van der Waals surface area contributed by atoms with Crippen molar-refractivity contribution in [3.8, 4) is 0 Å². The normalized spacial score (nSPS) is 20.8. The number of piperazine rings is 1. The zero-order valence-electron chi connectivity index (χ0n) is 13.8. The number of hydrogen-bond acceptors (Lipinski definition) is 5. The van der Waals surface area contributed by atoms with Gasteiger partial charge in [-0.3, -0.25) is 9.69 Å². The second-order valence-electron chi connectivity index (χ2n) is 6.50. The number of aromatic nitrogens is 1. The van der Waals surface area contributed by atoms with E-state index < -0.39 is 6.10 Å². The van der Waals surface area contributed by atoms with Crippen molar-refractivity contribution in [1.82, 2.24) is 14.8 Å². The topological polar surface area (TPSA) is 59.9 Å². The van der Waals surface area contributed by atoms with Gasteiger partial charge in [0.25, 0.3) is 5.91 Å². The van der Waals surface area contributed by atoms with E-state index in [4.69, 9.17) is 0 Å². The van der Waals surface area contributed by atoms with Crippen molar-refractivity contribution in [3.05, 3.63) is 23.9 Å². The fourth-order valence-electron chi connectivity index (χ4n) is 3.29. The minimum Gasteiger partial charge on any atom is -0.384 e. The van der Waals surface area contributed by atoms with E-state index in [2.05, 4.69) is 26.9 Å². The van der Waals surface area contributed by atoms with Gasteiger partial charge >= 0.3 is 0 Å². The Balaban J connectivity index is 1.49. The van der Waals surface area contributed by atoms with Crippen LogP contribution in [0.15, 0.2) is 18.3 Å². The van der Waals surface area contributed by atoms with Crippen LogP contribution in [-0.2, 0) is 11.3 Å². The number of anilines is 1. The summed E-state index contributed by atoms with van der Waals surface area (Å²) in [5, 5.41) is 9.37. The number of hydrogen-bond donors (Lipinski definition) is 1. The Kier molecular flexibility index (Phi) is 5.13. The summed E-state index contributed by atoms with van der Waals surface area (Å²) in [5.41, 5.74) is 1.21. The van der Waals surface area contributed by atoms with Crippen molar-refractivity contribution in [3.63, 3.8) is 0 Å².